The van der Waals surface area contributed by atoms with Crippen LogP contribution in [0.15, 0.2) is 0 Å². The molecule has 0 spiro atoms. The van der Waals surface area contributed by atoms with Crippen LogP contribution in [-0.2, 0) is 17.1 Å². The van der Waals surface area contributed by atoms with E-state index in [4.69, 9.17) is 0 Å². The standard InChI is InChI=1S/Al.Cu.Mg.Sn.7H/q;;+2;;;;;;;2*-1. The molecule has 4 heavy (non-hydrogen) atoms. The van der Waals surface area contributed by atoms with E-state index < -0.39 is 0 Å². The van der Waals surface area contributed by atoms with Crippen LogP contribution in [0.2, 0.25) is 0 Å². The molecule has 0 saturated carbocycles. The summed E-state index contributed by atoms with van der Waals surface area (Å²) in [5.74, 6) is 0. The van der Waals surface area contributed by atoms with Gasteiger partial charge in [0, 0.05) is 17.1 Å². The van der Waals surface area contributed by atoms with Crippen molar-refractivity contribution < 1.29 is 19.9 Å². The van der Waals surface area contributed by atoms with E-state index in [-0.39, 0.29) is 84.2 Å². The first-order valence-electron chi connectivity index (χ1n) is 0. The Labute approximate surface area is 83.2 Å². The van der Waals surface area contributed by atoms with Crippen LogP contribution in [-0.4, -0.2) is 64.3 Å². The number of rotatable bonds is 0. The van der Waals surface area contributed by atoms with Crippen LogP contribution in [0, 0.1) is 0 Å². The molecule has 0 aromatic rings. The van der Waals surface area contributed by atoms with E-state index in [1.807, 2.05) is 0 Å². The maximum absolute atomic E-state index is 0. The van der Waals surface area contributed by atoms with Crippen molar-refractivity contribution in [3.8, 4) is 0 Å². The van der Waals surface area contributed by atoms with Crippen molar-refractivity contribution in [3.05, 3.63) is 0 Å². The minimum absolute atomic E-state index is 0. The fraction of sp³-hybridized carbons (Fsp3) is 0. The monoisotopic (exact) mass is 241 g/mol. The normalized spacial score (nSPS) is 0. The molecule has 0 amide bonds. The van der Waals surface area contributed by atoms with E-state index in [0.29, 0.717) is 0 Å². The van der Waals surface area contributed by atoms with Crippen LogP contribution < -0.4 is 0 Å². The van der Waals surface area contributed by atoms with Crippen molar-refractivity contribution in [3.63, 3.8) is 0 Å². The zero-order valence-electron chi connectivity index (χ0n) is 3.72. The average molecular weight is 241 g/mol. The van der Waals surface area contributed by atoms with Crippen LogP contribution >= 0.6 is 0 Å². The summed E-state index contributed by atoms with van der Waals surface area (Å²) in [6, 6.07) is 0. The van der Waals surface area contributed by atoms with Crippen molar-refractivity contribution in [2.45, 2.75) is 0 Å². The van der Waals surface area contributed by atoms with Crippen molar-refractivity contribution in [2.75, 3.05) is 0 Å². The fourth-order valence-electron chi connectivity index (χ4n) is 0. The molecule has 0 aromatic carbocycles. The Morgan fingerprint density at radius 3 is 1.25 bits per heavy atom. The van der Waals surface area contributed by atoms with Crippen LogP contribution in [0.5, 0.6) is 0 Å². The third-order valence-corrected chi connectivity index (χ3v) is 0. The van der Waals surface area contributed by atoms with Gasteiger partial charge in [0.25, 0.3) is 0 Å². The second-order valence-electron chi connectivity index (χ2n) is 0. The van der Waals surface area contributed by atoms with E-state index in [1.54, 1.807) is 0 Å². The molecule has 0 atom stereocenters. The second kappa shape index (κ2) is 17.5. The summed E-state index contributed by atoms with van der Waals surface area (Å²) in [4.78, 5) is 0. The summed E-state index contributed by atoms with van der Waals surface area (Å²) >= 11 is 0. The molecule has 0 aliphatic carbocycles. The van der Waals surface area contributed by atoms with Crippen LogP contribution in [0.3, 0.4) is 0 Å². The topological polar surface area (TPSA) is 0 Å². The molecule has 0 aromatic heterocycles. The zero-order chi connectivity index (χ0) is 0. The molecule has 0 aliphatic heterocycles. The van der Waals surface area contributed by atoms with Crippen molar-refractivity contribution in [1.82, 2.24) is 0 Å². The van der Waals surface area contributed by atoms with Gasteiger partial charge in [0.15, 0.2) is 17.4 Å². The number of hydrogen-bond donors (Lipinski definition) is 0. The molecule has 3 radical (unpaired) electrons. The molecule has 0 bridgehead atoms. The van der Waals surface area contributed by atoms with Crippen molar-refractivity contribution >= 4 is 64.3 Å². The Morgan fingerprint density at radius 2 is 1.25 bits per heavy atom. The molecule has 0 unspecified atom stereocenters. The SMILES string of the molecule is [AlH3].[Cu].[H-].[H-].[Mg+2].[SnH2]. The van der Waals surface area contributed by atoms with Crippen molar-refractivity contribution in [2.24, 2.45) is 0 Å². The van der Waals surface area contributed by atoms with Gasteiger partial charge in [-0.05, 0) is 0 Å². The van der Waals surface area contributed by atoms with E-state index >= 15 is 0 Å². The van der Waals surface area contributed by atoms with Gasteiger partial charge in [-0.3, -0.25) is 0 Å². The molecule has 0 rings (SSSR count). The molecular formula is H7AlCuMgSn. The Balaban J connectivity index is 0. The summed E-state index contributed by atoms with van der Waals surface area (Å²) in [6.45, 7) is 0. The quantitative estimate of drug-likeness (QED) is 0.420. The molecule has 0 nitrogen and oxygen atoms in total. The Bertz CT molecular complexity index is 13.5. The van der Waals surface area contributed by atoms with Crippen LogP contribution in [0.25, 0.3) is 0 Å². The predicted octanol–water partition coefficient (Wildman–Crippen LogP) is -2.26. The van der Waals surface area contributed by atoms with E-state index in [0.717, 1.165) is 0 Å². The predicted molar refractivity (Wildman–Crippen MR) is 26.5 cm³/mol. The second-order valence-corrected chi connectivity index (χ2v) is 0. The summed E-state index contributed by atoms with van der Waals surface area (Å²) in [7, 11) is 0. The van der Waals surface area contributed by atoms with Gasteiger partial charge < -0.3 is 2.85 Å². The Kier molecular flexibility index (Phi) is 133. The first-order chi connectivity index (χ1) is 0. The molecule has 0 N–H and O–H groups in total. The van der Waals surface area contributed by atoms with E-state index in [1.165, 1.54) is 0 Å². The van der Waals surface area contributed by atoms with Crippen LogP contribution in [0.4, 0.5) is 0 Å². The fourth-order valence-corrected chi connectivity index (χ4v) is 0. The molecular weight excluding hydrogens is 234 g/mol. The molecule has 4 heteroatoms. The summed E-state index contributed by atoms with van der Waals surface area (Å²) in [6.07, 6.45) is 0. The minimum atomic E-state index is 0. The van der Waals surface area contributed by atoms with E-state index in [2.05, 4.69) is 0 Å². The van der Waals surface area contributed by atoms with Gasteiger partial charge in [-0.15, -0.1) is 0 Å². The van der Waals surface area contributed by atoms with Gasteiger partial charge in [-0.1, -0.05) is 0 Å². The first kappa shape index (κ1) is 30.5. The van der Waals surface area contributed by atoms with Gasteiger partial charge in [-0.25, -0.2) is 0 Å². The summed E-state index contributed by atoms with van der Waals surface area (Å²) in [5, 5.41) is 0. The third-order valence-electron chi connectivity index (χ3n) is 0. The first-order valence-corrected chi connectivity index (χ1v) is 0. The van der Waals surface area contributed by atoms with Gasteiger partial charge >= 0.3 is 47.0 Å². The van der Waals surface area contributed by atoms with Crippen molar-refractivity contribution in [1.29, 1.82) is 0 Å². The summed E-state index contributed by atoms with van der Waals surface area (Å²) in [5.41, 5.74) is 0. The molecule has 0 heterocycles. The Morgan fingerprint density at radius 1 is 1.25 bits per heavy atom. The number of hydrogen-bond acceptors (Lipinski definition) is 0. The van der Waals surface area contributed by atoms with Gasteiger partial charge in [0.05, 0.1) is 0 Å². The van der Waals surface area contributed by atoms with Crippen LogP contribution in [0.1, 0.15) is 2.85 Å². The van der Waals surface area contributed by atoms with Gasteiger partial charge in [0.2, 0.25) is 0 Å². The molecule has 0 saturated heterocycles. The average Bonchev–Trinajstić information content (AvgIpc) is 0. The van der Waals surface area contributed by atoms with Gasteiger partial charge in [-0.2, -0.15) is 0 Å². The molecule has 27 valence electrons. The van der Waals surface area contributed by atoms with E-state index in [9.17, 15) is 0 Å². The third kappa shape index (κ3) is 8.82. The molecule has 0 aliphatic rings. The van der Waals surface area contributed by atoms with Gasteiger partial charge in [0.1, 0.15) is 0 Å². The zero-order valence-corrected chi connectivity index (χ0v) is 8.11. The summed E-state index contributed by atoms with van der Waals surface area (Å²) < 4.78 is 0. The maximum atomic E-state index is 0. The Hall–Kier alpha value is 2.62. The molecule has 0 fully saturated rings.